The van der Waals surface area contributed by atoms with Crippen LogP contribution in [0.2, 0.25) is 0 Å². The molecule has 1 amide bonds. The Bertz CT molecular complexity index is 1070. The summed E-state index contributed by atoms with van der Waals surface area (Å²) in [6.07, 6.45) is 0. The number of amides is 1. The highest BCUT2D eigenvalue weighted by molar-refractivity contribution is 9.10. The Kier molecular flexibility index (Phi) is 5.13. The molecule has 1 aliphatic heterocycles. The Morgan fingerprint density at radius 1 is 0.893 bits per heavy atom. The largest absolute Gasteiger partial charge is 0.503 e. The van der Waals surface area contributed by atoms with E-state index in [1.165, 1.54) is 0 Å². The third kappa shape index (κ3) is 3.40. The van der Waals surface area contributed by atoms with E-state index in [9.17, 15) is 9.90 Å². The Morgan fingerprint density at radius 2 is 1.57 bits per heavy atom. The fourth-order valence-corrected chi connectivity index (χ4v) is 4.17. The summed E-state index contributed by atoms with van der Waals surface area (Å²) in [5, 5.41) is 10.8. The van der Waals surface area contributed by atoms with Gasteiger partial charge in [0.15, 0.2) is 5.76 Å². The van der Waals surface area contributed by atoms with Crippen molar-refractivity contribution in [2.75, 3.05) is 4.90 Å². The predicted octanol–water partition coefficient (Wildman–Crippen LogP) is 6.58. The van der Waals surface area contributed by atoms with Gasteiger partial charge in [-0.1, -0.05) is 73.8 Å². The first-order valence-electron chi connectivity index (χ1n) is 8.80. The molecule has 4 rings (SSSR count). The molecular formula is C23H17Br2NO2. The highest BCUT2D eigenvalue weighted by Gasteiger charge is 2.42. The van der Waals surface area contributed by atoms with E-state index in [0.717, 1.165) is 31.3 Å². The summed E-state index contributed by atoms with van der Waals surface area (Å²) in [4.78, 5) is 14.8. The zero-order valence-electron chi connectivity index (χ0n) is 15.1. The second-order valence-corrected chi connectivity index (χ2v) is 8.57. The summed E-state index contributed by atoms with van der Waals surface area (Å²) >= 11 is 6.96. The molecule has 3 nitrogen and oxygen atoms in total. The summed E-state index contributed by atoms with van der Waals surface area (Å²) in [5.74, 6) is -0.611. The van der Waals surface area contributed by atoms with Gasteiger partial charge in [-0.2, -0.15) is 0 Å². The van der Waals surface area contributed by atoms with Crippen molar-refractivity contribution in [2.45, 2.75) is 13.0 Å². The number of anilines is 1. The van der Waals surface area contributed by atoms with Gasteiger partial charge in [-0.3, -0.25) is 9.69 Å². The van der Waals surface area contributed by atoms with Gasteiger partial charge in [0.2, 0.25) is 0 Å². The van der Waals surface area contributed by atoms with E-state index in [-0.39, 0.29) is 5.76 Å². The smallest absolute Gasteiger partial charge is 0.294 e. The molecule has 5 heteroatoms. The van der Waals surface area contributed by atoms with Crippen molar-refractivity contribution in [2.24, 2.45) is 0 Å². The van der Waals surface area contributed by atoms with E-state index in [2.05, 4.69) is 31.9 Å². The van der Waals surface area contributed by atoms with E-state index in [1.54, 1.807) is 4.90 Å². The molecule has 28 heavy (non-hydrogen) atoms. The van der Waals surface area contributed by atoms with Gasteiger partial charge < -0.3 is 5.11 Å². The van der Waals surface area contributed by atoms with Crippen molar-refractivity contribution >= 4 is 49.0 Å². The number of carbonyl (C=O) groups is 1. The standard InChI is InChI=1S/C23H17Br2NO2/c1-14-5-7-15(8-6-14)20-21(16-3-2-4-18(25)13-16)26(23(28)22(20)27)19-11-9-17(24)10-12-19/h2-13,21,27H,1H3/t21-/m1/s1. The summed E-state index contributed by atoms with van der Waals surface area (Å²) in [6, 6.07) is 22.8. The van der Waals surface area contributed by atoms with Gasteiger partial charge in [0, 0.05) is 20.2 Å². The molecule has 0 bridgehead atoms. The molecule has 1 N–H and O–H groups in total. The van der Waals surface area contributed by atoms with Gasteiger partial charge in [-0.25, -0.2) is 0 Å². The first-order valence-corrected chi connectivity index (χ1v) is 10.4. The summed E-state index contributed by atoms with van der Waals surface area (Å²) < 4.78 is 1.85. The number of nitrogens with zero attached hydrogens (tertiary/aromatic N) is 1. The molecule has 0 radical (unpaired) electrons. The van der Waals surface area contributed by atoms with Gasteiger partial charge in [0.25, 0.3) is 5.91 Å². The lowest BCUT2D eigenvalue weighted by Gasteiger charge is -2.27. The highest BCUT2D eigenvalue weighted by atomic mass is 79.9. The van der Waals surface area contributed by atoms with Crippen LogP contribution in [0.3, 0.4) is 0 Å². The SMILES string of the molecule is Cc1ccc(C2=C(O)C(=O)N(c3ccc(Br)cc3)[C@@H]2c2cccc(Br)c2)cc1. The minimum Gasteiger partial charge on any atom is -0.503 e. The number of aliphatic hydroxyl groups excluding tert-OH is 1. The summed E-state index contributed by atoms with van der Waals surface area (Å²) in [7, 11) is 0. The molecule has 0 spiro atoms. The van der Waals surface area contributed by atoms with Crippen LogP contribution in [0.1, 0.15) is 22.7 Å². The molecule has 1 heterocycles. The van der Waals surface area contributed by atoms with Crippen molar-refractivity contribution in [3.05, 3.63) is 104 Å². The molecule has 1 atom stereocenters. The number of halogens is 2. The summed E-state index contributed by atoms with van der Waals surface area (Å²) in [5.41, 5.74) is 4.22. The maximum Gasteiger partial charge on any atom is 0.294 e. The zero-order chi connectivity index (χ0) is 19.8. The molecule has 1 aliphatic rings. The van der Waals surface area contributed by atoms with E-state index in [0.29, 0.717) is 5.57 Å². The van der Waals surface area contributed by atoms with Crippen LogP contribution in [0, 0.1) is 6.92 Å². The topological polar surface area (TPSA) is 40.5 Å². The molecule has 0 saturated heterocycles. The molecule has 0 aliphatic carbocycles. The molecule has 0 unspecified atom stereocenters. The van der Waals surface area contributed by atoms with Crippen molar-refractivity contribution in [1.82, 2.24) is 0 Å². The minimum atomic E-state index is -0.422. The monoisotopic (exact) mass is 497 g/mol. The third-order valence-electron chi connectivity index (χ3n) is 4.84. The molecule has 3 aromatic carbocycles. The fourth-order valence-electron chi connectivity index (χ4n) is 3.49. The van der Waals surface area contributed by atoms with Crippen LogP contribution < -0.4 is 4.90 Å². The summed E-state index contributed by atoms with van der Waals surface area (Å²) in [6.45, 7) is 2.01. The van der Waals surface area contributed by atoms with Gasteiger partial charge in [-0.05, 0) is 54.4 Å². The van der Waals surface area contributed by atoms with Crippen molar-refractivity contribution in [3.63, 3.8) is 0 Å². The first kappa shape index (κ1) is 19.0. The number of benzene rings is 3. The number of hydrogen-bond acceptors (Lipinski definition) is 2. The number of aliphatic hydroxyl groups is 1. The molecule has 3 aromatic rings. The molecule has 0 saturated carbocycles. The number of carbonyl (C=O) groups excluding carboxylic acids is 1. The van der Waals surface area contributed by atoms with Gasteiger partial charge in [0.1, 0.15) is 0 Å². The predicted molar refractivity (Wildman–Crippen MR) is 119 cm³/mol. The van der Waals surface area contributed by atoms with Gasteiger partial charge >= 0.3 is 0 Å². The maximum atomic E-state index is 13.1. The fraction of sp³-hybridized carbons (Fsp3) is 0.0870. The quantitative estimate of drug-likeness (QED) is 0.443. The van der Waals surface area contributed by atoms with E-state index in [4.69, 9.17) is 0 Å². The number of rotatable bonds is 3. The maximum absolute atomic E-state index is 13.1. The highest BCUT2D eigenvalue weighted by Crippen LogP contribution is 2.45. The molecule has 140 valence electrons. The molecule has 0 aromatic heterocycles. The Morgan fingerprint density at radius 3 is 2.21 bits per heavy atom. The van der Waals surface area contributed by atoms with Crippen molar-refractivity contribution in [1.29, 1.82) is 0 Å². The zero-order valence-corrected chi connectivity index (χ0v) is 18.2. The Balaban J connectivity index is 1.91. The first-order chi connectivity index (χ1) is 13.5. The minimum absolute atomic E-state index is 0.211. The number of hydrogen-bond donors (Lipinski definition) is 1. The van der Waals surface area contributed by atoms with Crippen LogP contribution >= 0.6 is 31.9 Å². The van der Waals surface area contributed by atoms with Crippen LogP contribution in [0.4, 0.5) is 5.69 Å². The Hall–Kier alpha value is -2.37. The van der Waals surface area contributed by atoms with Crippen LogP contribution in [-0.4, -0.2) is 11.0 Å². The lowest BCUT2D eigenvalue weighted by molar-refractivity contribution is -0.117. The van der Waals surface area contributed by atoms with Crippen molar-refractivity contribution < 1.29 is 9.90 Å². The molecule has 0 fully saturated rings. The van der Waals surface area contributed by atoms with Crippen LogP contribution in [0.5, 0.6) is 0 Å². The van der Waals surface area contributed by atoms with Crippen molar-refractivity contribution in [3.8, 4) is 0 Å². The second-order valence-electron chi connectivity index (χ2n) is 6.74. The third-order valence-corrected chi connectivity index (χ3v) is 5.86. The second kappa shape index (κ2) is 7.57. The van der Waals surface area contributed by atoms with Crippen LogP contribution in [0.25, 0.3) is 5.57 Å². The van der Waals surface area contributed by atoms with Gasteiger partial charge in [-0.15, -0.1) is 0 Å². The average molecular weight is 499 g/mol. The van der Waals surface area contributed by atoms with E-state index >= 15 is 0 Å². The van der Waals surface area contributed by atoms with Gasteiger partial charge in [0.05, 0.1) is 6.04 Å². The van der Waals surface area contributed by atoms with E-state index < -0.39 is 11.9 Å². The van der Waals surface area contributed by atoms with Crippen LogP contribution in [0.15, 0.2) is 87.5 Å². The molecular weight excluding hydrogens is 482 g/mol. The average Bonchev–Trinajstić information content (AvgIpc) is 2.95. The van der Waals surface area contributed by atoms with Crippen LogP contribution in [-0.2, 0) is 4.79 Å². The number of aryl methyl sites for hydroxylation is 1. The Labute approximate surface area is 180 Å². The lowest BCUT2D eigenvalue weighted by Crippen LogP contribution is -2.30. The van der Waals surface area contributed by atoms with E-state index in [1.807, 2.05) is 79.7 Å². The lowest BCUT2D eigenvalue weighted by atomic mass is 9.93. The normalized spacial score (nSPS) is 16.8.